The van der Waals surface area contributed by atoms with Gasteiger partial charge in [0.1, 0.15) is 73.0 Å². The van der Waals surface area contributed by atoms with Gasteiger partial charge in [0.25, 0.3) is 0 Å². The van der Waals surface area contributed by atoms with Crippen LogP contribution in [-0.4, -0.2) is 259 Å². The summed E-state index contributed by atoms with van der Waals surface area (Å²) >= 11 is 0. The van der Waals surface area contributed by atoms with E-state index in [2.05, 4.69) is 78.1 Å². The maximum Gasteiger partial charge on any atom is 0.322 e. The van der Waals surface area contributed by atoms with E-state index in [0.29, 0.717) is 19.3 Å². The SMILES string of the molecule is C[C@@H](O)[C@H](N)C(=O)N1CCC[C@H]1C(=O)N[C@@H](CCC(N)=O)C(=O)N[C@@H](CCCN=C(N)N)C(=O)N[C@@H](CC(N)=O)C(=O)N[C@@H](CCCN=C(N)N)C(=O)N[C@@H](CCCN=C(N)N)C(=O)N[C@@H](CCCN=C(N)N)C(=O)N[C@@H](CCCCN)C(=O)N[C@@H](CCCCN)C(=O)N[C@@H](CCCN=C(N)N)C(=O)NCC(=O)O. The van der Waals surface area contributed by atoms with Crippen molar-refractivity contribution < 1.29 is 77.3 Å². The predicted molar refractivity (Wildman–Crippen MR) is 400 cm³/mol. The Morgan fingerprint density at radius 2 is 0.679 bits per heavy atom. The first kappa shape index (κ1) is 95.8. The lowest BCUT2D eigenvalue weighted by molar-refractivity contribution is -0.142. The summed E-state index contributed by atoms with van der Waals surface area (Å²) in [6, 6.07) is -16.9. The summed E-state index contributed by atoms with van der Waals surface area (Å²) in [5.74, 6) is -15.9. The number of nitrogens with zero attached hydrogens (tertiary/aromatic N) is 6. The molecule has 1 aliphatic rings. The van der Waals surface area contributed by atoms with E-state index in [1.807, 2.05) is 0 Å². The Morgan fingerprint density at radius 3 is 0.954 bits per heavy atom. The van der Waals surface area contributed by atoms with Crippen LogP contribution in [0.25, 0.3) is 0 Å². The van der Waals surface area contributed by atoms with Crippen LogP contribution in [0.5, 0.6) is 0 Å². The fourth-order valence-electron chi connectivity index (χ4n) is 10.8. The second-order valence-electron chi connectivity index (χ2n) is 25.6. The molecule has 0 bridgehead atoms. The predicted octanol–water partition coefficient (Wildman–Crippen LogP) is -13.1. The number of amides is 13. The van der Waals surface area contributed by atoms with Crippen molar-refractivity contribution >= 4 is 113 Å². The number of rotatable bonds is 56. The zero-order valence-electron chi connectivity index (χ0n) is 61.6. The van der Waals surface area contributed by atoms with Gasteiger partial charge in [-0.1, -0.05) is 0 Å². The number of nitrogens with one attached hydrogen (secondary N) is 10. The van der Waals surface area contributed by atoms with Crippen LogP contribution in [0, 0.1) is 0 Å². The Kier molecular flexibility index (Phi) is 46.3. The van der Waals surface area contributed by atoms with Crippen molar-refractivity contribution in [3.8, 4) is 0 Å². The van der Waals surface area contributed by atoms with Crippen LogP contribution in [0.3, 0.4) is 0 Å². The highest BCUT2D eigenvalue weighted by Crippen LogP contribution is 2.20. The number of hydrogen-bond donors (Lipinski definition) is 27. The molecule has 42 N–H and O–H groups in total. The number of carbonyl (C=O) groups is 14. The van der Waals surface area contributed by atoms with Gasteiger partial charge >= 0.3 is 5.97 Å². The van der Waals surface area contributed by atoms with Crippen LogP contribution in [0.1, 0.15) is 142 Å². The minimum absolute atomic E-state index is 0.00146. The van der Waals surface area contributed by atoms with Crippen LogP contribution in [0.15, 0.2) is 25.0 Å². The molecular weight excluding hydrogens is 1430 g/mol. The van der Waals surface area contributed by atoms with Crippen molar-refractivity contribution in [3.63, 3.8) is 0 Å². The first-order chi connectivity index (χ1) is 51.4. The van der Waals surface area contributed by atoms with Crippen LogP contribution in [0.4, 0.5) is 0 Å². The summed E-state index contributed by atoms with van der Waals surface area (Å²) in [6.45, 7) is 0.442. The lowest BCUT2D eigenvalue weighted by Crippen LogP contribution is -2.61. The summed E-state index contributed by atoms with van der Waals surface area (Å²) in [7, 11) is 0. The summed E-state index contributed by atoms with van der Waals surface area (Å²) in [5, 5.41) is 44.3. The number of aliphatic imine (C=N–C) groups is 5. The van der Waals surface area contributed by atoms with E-state index in [-0.39, 0.29) is 178 Å². The smallest absolute Gasteiger partial charge is 0.322 e. The van der Waals surface area contributed by atoms with Gasteiger partial charge in [0.15, 0.2) is 29.8 Å². The van der Waals surface area contributed by atoms with Gasteiger partial charge in [-0.15, -0.1) is 0 Å². The molecule has 0 saturated carbocycles. The lowest BCUT2D eigenvalue weighted by atomic mass is 10.0. The maximum absolute atomic E-state index is 14.8. The Balaban J connectivity index is 3.97. The monoisotopic (exact) mass is 1550 g/mol. The number of carbonyl (C=O) groups excluding carboxylic acids is 13. The van der Waals surface area contributed by atoms with Crippen molar-refractivity contribution in [3.05, 3.63) is 0 Å². The number of aliphatic carboxylic acids is 1. The molecule has 109 heavy (non-hydrogen) atoms. The van der Waals surface area contributed by atoms with E-state index in [0.717, 1.165) is 4.90 Å². The molecule has 0 spiro atoms. The lowest BCUT2D eigenvalue weighted by Gasteiger charge is -2.29. The van der Waals surface area contributed by atoms with E-state index < -0.39 is 181 Å². The Hall–Kier alpha value is -11.2. The number of unbranched alkanes of at least 4 members (excludes halogenated alkanes) is 2. The molecule has 0 aromatic rings. The molecule has 47 nitrogen and oxygen atoms in total. The number of carboxylic acid groups (broad SMARTS) is 1. The molecule has 0 aliphatic carbocycles. The molecule has 12 atom stereocenters. The number of hydrogen-bond acceptors (Lipinski definition) is 23. The van der Waals surface area contributed by atoms with E-state index in [4.69, 9.17) is 86.0 Å². The third-order valence-corrected chi connectivity index (χ3v) is 16.5. The number of primary amides is 2. The minimum atomic E-state index is -1.95. The Bertz CT molecular complexity index is 3160. The standard InChI is InChI=1S/C62H117N31O16/c1-32(94)46(67)57(109)93-29-11-19-42(93)56(108)91-40(20-21-43(65)95)54(106)89-39(18-10-28-82-62(76)77)53(105)92-41(30-44(66)96)55(107)90-38(17-9-27-81-61(74)75)52(104)88-37(16-8-26-80-60(72)73)51(103)87-36(15-7-25-79-59(70)71)50(102)86-35(13-3-5-23-64)49(101)85-34(12-2-4-22-63)48(100)84-33(14-6-24-78-58(68)69)47(99)83-31-45(97)98/h32-42,46,94H,2-31,63-64,67H2,1H3,(H2,65,95)(H2,66,96)(H,83,99)(H,84,100)(H,85,101)(H,86,102)(H,87,103)(H,88,104)(H,89,106)(H,90,107)(H,91,108)(H,92,105)(H,97,98)(H4,68,69,78)(H4,70,71,79)(H4,72,73,80)(H4,74,75,81)(H4,76,77,82)/t32-,33+,34+,35+,36+,37+,38+,39+,40+,41+,42+,46+/m1/s1. The van der Waals surface area contributed by atoms with Gasteiger partial charge < -0.3 is 154 Å². The van der Waals surface area contributed by atoms with Crippen molar-refractivity contribution in [1.29, 1.82) is 0 Å². The number of likely N-dealkylation sites (tertiary alicyclic amines) is 1. The van der Waals surface area contributed by atoms with Gasteiger partial charge in [0.2, 0.25) is 76.8 Å². The molecule has 0 aromatic carbocycles. The number of aliphatic hydroxyl groups excluding tert-OH is 1. The summed E-state index contributed by atoms with van der Waals surface area (Å²) in [5.41, 5.74) is 84.0. The number of guanidine groups is 5. The fraction of sp³-hybridized carbons (Fsp3) is 0.694. The fourth-order valence-corrected chi connectivity index (χ4v) is 10.8. The molecule has 1 rings (SSSR count). The third kappa shape index (κ3) is 40.9. The van der Waals surface area contributed by atoms with Crippen LogP contribution >= 0.6 is 0 Å². The molecule has 47 heteroatoms. The number of nitrogens with two attached hydrogens (primary N) is 15. The first-order valence-corrected chi connectivity index (χ1v) is 35.6. The second-order valence-corrected chi connectivity index (χ2v) is 25.6. The summed E-state index contributed by atoms with van der Waals surface area (Å²) in [6.07, 6.45) is -2.91. The maximum atomic E-state index is 14.8. The van der Waals surface area contributed by atoms with E-state index in [1.54, 1.807) is 0 Å². The average Bonchev–Trinajstić information content (AvgIpc) is 1.74. The number of carboxylic acids is 1. The van der Waals surface area contributed by atoms with Crippen molar-refractivity contribution in [1.82, 2.24) is 58.1 Å². The van der Waals surface area contributed by atoms with Crippen molar-refractivity contribution in [2.24, 2.45) is 111 Å². The molecule has 0 unspecified atom stereocenters. The summed E-state index contributed by atoms with van der Waals surface area (Å²) < 4.78 is 0. The van der Waals surface area contributed by atoms with Crippen molar-refractivity contribution in [2.45, 2.75) is 214 Å². The van der Waals surface area contributed by atoms with E-state index in [1.165, 1.54) is 6.92 Å². The van der Waals surface area contributed by atoms with Gasteiger partial charge in [-0.3, -0.25) is 92.1 Å². The molecule has 1 fully saturated rings. The highest BCUT2D eigenvalue weighted by molar-refractivity contribution is 6.00. The average molecular weight is 1550 g/mol. The molecule has 1 heterocycles. The third-order valence-electron chi connectivity index (χ3n) is 16.5. The van der Waals surface area contributed by atoms with Gasteiger partial charge in [-0.2, -0.15) is 0 Å². The molecule has 1 saturated heterocycles. The molecule has 13 amide bonds. The zero-order chi connectivity index (χ0) is 82.3. The molecule has 0 aromatic heterocycles. The first-order valence-electron chi connectivity index (χ1n) is 35.6. The van der Waals surface area contributed by atoms with Crippen LogP contribution < -0.4 is 139 Å². The molecule has 0 radical (unpaired) electrons. The van der Waals surface area contributed by atoms with Gasteiger partial charge in [-0.05, 0) is 142 Å². The Morgan fingerprint density at radius 1 is 0.394 bits per heavy atom. The number of aliphatic hydroxyl groups is 1. The van der Waals surface area contributed by atoms with E-state index in [9.17, 15) is 77.3 Å². The topological polar surface area (TPSA) is 855 Å². The normalized spacial score (nSPS) is 15.3. The molecular formula is C62H117N31O16. The van der Waals surface area contributed by atoms with Crippen LogP contribution in [-0.2, 0) is 67.1 Å². The van der Waals surface area contributed by atoms with Gasteiger partial charge in [-0.25, -0.2) is 0 Å². The summed E-state index contributed by atoms with van der Waals surface area (Å²) in [4.78, 5) is 214. The Labute approximate surface area is 630 Å². The van der Waals surface area contributed by atoms with Crippen LogP contribution in [0.2, 0.25) is 0 Å². The minimum Gasteiger partial charge on any atom is -0.480 e. The zero-order valence-corrected chi connectivity index (χ0v) is 61.6. The molecule has 616 valence electrons. The van der Waals surface area contributed by atoms with E-state index >= 15 is 0 Å². The second kappa shape index (κ2) is 52.7. The van der Waals surface area contributed by atoms with Gasteiger partial charge in [0, 0.05) is 45.7 Å². The van der Waals surface area contributed by atoms with Crippen molar-refractivity contribution in [2.75, 3.05) is 58.9 Å². The highest BCUT2D eigenvalue weighted by Gasteiger charge is 2.40. The van der Waals surface area contributed by atoms with Gasteiger partial charge in [0.05, 0.1) is 12.5 Å². The molecule has 1 aliphatic heterocycles. The quantitative estimate of drug-likeness (QED) is 0.0153. The highest BCUT2D eigenvalue weighted by atomic mass is 16.4. The largest absolute Gasteiger partial charge is 0.480 e.